The van der Waals surface area contributed by atoms with Gasteiger partial charge in [0.2, 0.25) is 0 Å². The average molecular weight is 279 g/mol. The molecule has 0 amide bonds. The fourth-order valence-corrected chi connectivity index (χ4v) is 2.91. The molecule has 19 heavy (non-hydrogen) atoms. The van der Waals surface area contributed by atoms with E-state index in [4.69, 9.17) is 0 Å². The first kappa shape index (κ1) is 14.2. The van der Waals surface area contributed by atoms with Crippen molar-refractivity contribution in [1.29, 1.82) is 0 Å². The zero-order valence-electron chi connectivity index (χ0n) is 11.7. The van der Waals surface area contributed by atoms with E-state index in [0.29, 0.717) is 0 Å². The number of thiophene rings is 1. The Morgan fingerprint density at radius 1 is 1.26 bits per heavy atom. The van der Waals surface area contributed by atoms with Gasteiger partial charge in [0.05, 0.1) is 18.0 Å². The number of hydrogen-bond acceptors (Lipinski definition) is 5. The maximum atomic E-state index is 9.33. The van der Waals surface area contributed by atoms with Crippen LogP contribution in [-0.4, -0.2) is 27.7 Å². The number of fused-ring (bicyclic) bond motifs is 1. The highest BCUT2D eigenvalue weighted by Gasteiger charge is 2.13. The molecular formula is C14H21N3OS. The molecule has 0 unspecified atom stereocenters. The van der Waals surface area contributed by atoms with Gasteiger partial charge in [-0.15, -0.1) is 11.3 Å². The van der Waals surface area contributed by atoms with Crippen LogP contribution in [0.5, 0.6) is 0 Å². The number of aryl methyl sites for hydroxylation is 2. The number of anilines is 1. The van der Waals surface area contributed by atoms with Crippen LogP contribution in [0.2, 0.25) is 0 Å². The Morgan fingerprint density at radius 2 is 2.05 bits per heavy atom. The van der Waals surface area contributed by atoms with Gasteiger partial charge in [0.15, 0.2) is 0 Å². The molecule has 0 fully saturated rings. The molecule has 2 N–H and O–H groups in total. The number of nitrogens with zero attached hydrogens (tertiary/aromatic N) is 2. The highest BCUT2D eigenvalue weighted by atomic mass is 32.1. The van der Waals surface area contributed by atoms with Crippen molar-refractivity contribution in [2.75, 3.05) is 11.9 Å². The molecule has 5 heteroatoms. The summed E-state index contributed by atoms with van der Waals surface area (Å²) < 4.78 is 0. The summed E-state index contributed by atoms with van der Waals surface area (Å²) in [5.41, 5.74) is 0. The van der Waals surface area contributed by atoms with Crippen LogP contribution < -0.4 is 5.32 Å². The largest absolute Gasteiger partial charge is 0.394 e. The lowest BCUT2D eigenvalue weighted by Crippen LogP contribution is -2.23. The molecule has 0 radical (unpaired) electrons. The molecule has 1 atom stereocenters. The first-order chi connectivity index (χ1) is 9.21. The van der Waals surface area contributed by atoms with E-state index >= 15 is 0 Å². The Bertz CT molecular complexity index is 549. The molecular weight excluding hydrogens is 258 g/mol. The average Bonchev–Trinajstić information content (AvgIpc) is 2.87. The molecule has 0 aliphatic heterocycles. The molecule has 104 valence electrons. The number of nitrogens with one attached hydrogen (secondary N) is 1. The van der Waals surface area contributed by atoms with E-state index < -0.39 is 0 Å². The highest BCUT2D eigenvalue weighted by molar-refractivity contribution is 7.18. The second kappa shape index (κ2) is 6.30. The lowest BCUT2D eigenvalue weighted by molar-refractivity contribution is 0.271. The summed E-state index contributed by atoms with van der Waals surface area (Å²) in [7, 11) is 0. The standard InChI is InChI=1S/C14H21N3OS/c1-4-9(8-18)15-13-11-7-10(5-2)19-14(11)17-12(6-3)16-13/h7,9,18H,4-6,8H2,1-3H3,(H,15,16,17)/t9-/m1/s1. The zero-order valence-corrected chi connectivity index (χ0v) is 12.5. The number of aliphatic hydroxyl groups is 1. The summed E-state index contributed by atoms with van der Waals surface area (Å²) in [5.74, 6) is 1.71. The molecule has 0 saturated heterocycles. The van der Waals surface area contributed by atoms with E-state index in [1.165, 1.54) is 4.88 Å². The molecule has 4 nitrogen and oxygen atoms in total. The van der Waals surface area contributed by atoms with Gasteiger partial charge in [-0.05, 0) is 18.9 Å². The van der Waals surface area contributed by atoms with Crippen LogP contribution in [0.15, 0.2) is 6.07 Å². The van der Waals surface area contributed by atoms with Crippen LogP contribution >= 0.6 is 11.3 Å². The molecule has 2 heterocycles. The predicted molar refractivity (Wildman–Crippen MR) is 81.0 cm³/mol. The first-order valence-electron chi connectivity index (χ1n) is 6.88. The van der Waals surface area contributed by atoms with Crippen LogP contribution in [0.1, 0.15) is 37.9 Å². The Balaban J connectivity index is 2.46. The topological polar surface area (TPSA) is 58.0 Å². The van der Waals surface area contributed by atoms with E-state index in [-0.39, 0.29) is 12.6 Å². The zero-order chi connectivity index (χ0) is 13.8. The molecule has 0 spiro atoms. The van der Waals surface area contributed by atoms with Gasteiger partial charge in [-0.25, -0.2) is 9.97 Å². The second-order valence-corrected chi connectivity index (χ2v) is 5.67. The highest BCUT2D eigenvalue weighted by Crippen LogP contribution is 2.29. The SMILES string of the molecule is CCc1nc(N[C@H](CC)CO)c2cc(CC)sc2n1. The predicted octanol–water partition coefficient (Wildman–Crippen LogP) is 3.00. The molecule has 2 aromatic heterocycles. The minimum absolute atomic E-state index is 0.0489. The van der Waals surface area contributed by atoms with Gasteiger partial charge in [-0.3, -0.25) is 0 Å². The number of aromatic nitrogens is 2. The fraction of sp³-hybridized carbons (Fsp3) is 0.571. The minimum Gasteiger partial charge on any atom is -0.394 e. The summed E-state index contributed by atoms with van der Waals surface area (Å²) in [6.07, 6.45) is 2.70. The van der Waals surface area contributed by atoms with Crippen molar-refractivity contribution < 1.29 is 5.11 Å². The van der Waals surface area contributed by atoms with Gasteiger partial charge >= 0.3 is 0 Å². The van der Waals surface area contributed by atoms with Gasteiger partial charge in [0.25, 0.3) is 0 Å². The smallest absolute Gasteiger partial charge is 0.138 e. The van der Waals surface area contributed by atoms with E-state index in [0.717, 1.165) is 41.1 Å². The Kier molecular flexibility index (Phi) is 4.71. The van der Waals surface area contributed by atoms with Gasteiger partial charge in [0, 0.05) is 11.3 Å². The third-order valence-corrected chi connectivity index (χ3v) is 4.38. The third kappa shape index (κ3) is 3.04. The maximum absolute atomic E-state index is 9.33. The molecule has 2 rings (SSSR count). The van der Waals surface area contributed by atoms with E-state index in [2.05, 4.69) is 42.1 Å². The van der Waals surface area contributed by atoms with Crippen LogP contribution in [-0.2, 0) is 12.8 Å². The Labute approximate surface area is 117 Å². The molecule has 2 aromatic rings. The molecule has 0 aromatic carbocycles. The van der Waals surface area contributed by atoms with Crippen LogP contribution in [0.25, 0.3) is 10.2 Å². The minimum atomic E-state index is 0.0489. The summed E-state index contributed by atoms with van der Waals surface area (Å²) in [5, 5.41) is 13.7. The lowest BCUT2D eigenvalue weighted by Gasteiger charge is -2.15. The molecule has 0 bridgehead atoms. The van der Waals surface area contributed by atoms with Crippen molar-refractivity contribution in [1.82, 2.24) is 9.97 Å². The monoisotopic (exact) mass is 279 g/mol. The second-order valence-electron chi connectivity index (χ2n) is 4.56. The normalized spacial score (nSPS) is 12.8. The van der Waals surface area contributed by atoms with E-state index in [1.807, 2.05) is 0 Å². The summed E-state index contributed by atoms with van der Waals surface area (Å²) >= 11 is 1.73. The van der Waals surface area contributed by atoms with E-state index in [9.17, 15) is 5.11 Å². The Hall–Kier alpha value is -1.20. The van der Waals surface area contributed by atoms with Crippen molar-refractivity contribution in [3.63, 3.8) is 0 Å². The number of aliphatic hydroxyl groups excluding tert-OH is 1. The Morgan fingerprint density at radius 3 is 2.63 bits per heavy atom. The number of hydrogen-bond donors (Lipinski definition) is 2. The van der Waals surface area contributed by atoms with Gasteiger partial charge in [-0.1, -0.05) is 20.8 Å². The van der Waals surface area contributed by atoms with Crippen molar-refractivity contribution in [2.24, 2.45) is 0 Å². The molecule has 0 aliphatic carbocycles. The van der Waals surface area contributed by atoms with Crippen molar-refractivity contribution in [3.05, 3.63) is 16.8 Å². The van der Waals surface area contributed by atoms with E-state index in [1.54, 1.807) is 11.3 Å². The summed E-state index contributed by atoms with van der Waals surface area (Å²) in [4.78, 5) is 11.5. The fourth-order valence-electron chi connectivity index (χ4n) is 1.93. The van der Waals surface area contributed by atoms with Crippen LogP contribution in [0.4, 0.5) is 5.82 Å². The van der Waals surface area contributed by atoms with Crippen LogP contribution in [0.3, 0.4) is 0 Å². The van der Waals surface area contributed by atoms with Crippen molar-refractivity contribution in [2.45, 2.75) is 46.1 Å². The van der Waals surface area contributed by atoms with Gasteiger partial charge < -0.3 is 10.4 Å². The molecule has 0 aliphatic rings. The van der Waals surface area contributed by atoms with Gasteiger partial charge in [-0.2, -0.15) is 0 Å². The number of rotatable bonds is 6. The third-order valence-electron chi connectivity index (χ3n) is 3.21. The summed E-state index contributed by atoms with van der Waals surface area (Å²) in [6.45, 7) is 6.38. The van der Waals surface area contributed by atoms with Crippen molar-refractivity contribution in [3.8, 4) is 0 Å². The maximum Gasteiger partial charge on any atom is 0.138 e. The molecule has 0 saturated carbocycles. The quantitative estimate of drug-likeness (QED) is 0.853. The first-order valence-corrected chi connectivity index (χ1v) is 7.70. The van der Waals surface area contributed by atoms with Crippen molar-refractivity contribution >= 4 is 27.4 Å². The summed E-state index contributed by atoms with van der Waals surface area (Å²) in [6, 6.07) is 2.21. The van der Waals surface area contributed by atoms with Gasteiger partial charge in [0.1, 0.15) is 16.5 Å². The lowest BCUT2D eigenvalue weighted by atomic mass is 10.2. The van der Waals surface area contributed by atoms with Crippen LogP contribution in [0, 0.1) is 0 Å².